The van der Waals surface area contributed by atoms with Crippen LogP contribution in [0.5, 0.6) is 0 Å². The first-order chi connectivity index (χ1) is 16.8. The van der Waals surface area contributed by atoms with Crippen LogP contribution in [0.15, 0.2) is 42.5 Å². The molecule has 188 valence electrons. The first-order valence-electron chi connectivity index (χ1n) is 12.2. The van der Waals surface area contributed by atoms with E-state index in [1.807, 2.05) is 24.3 Å². The highest BCUT2D eigenvalue weighted by molar-refractivity contribution is 7.90. The van der Waals surface area contributed by atoms with Crippen molar-refractivity contribution in [2.75, 3.05) is 25.6 Å². The number of urea groups is 1. The second kappa shape index (κ2) is 9.19. The van der Waals surface area contributed by atoms with E-state index >= 15 is 4.39 Å². The summed E-state index contributed by atoms with van der Waals surface area (Å²) in [7, 11) is -1.93. The quantitative estimate of drug-likeness (QED) is 0.555. The molecule has 3 fully saturated rings. The number of hydrogen-bond acceptors (Lipinski definition) is 4. The number of carbonyl (C=O) groups is 1. The maximum Gasteiger partial charge on any atom is 0.322 e. The Morgan fingerprint density at radius 1 is 1.03 bits per heavy atom. The van der Waals surface area contributed by atoms with E-state index in [1.165, 1.54) is 6.07 Å². The molecule has 0 atom stereocenters. The largest absolute Gasteiger partial charge is 0.383 e. The predicted molar refractivity (Wildman–Crippen MR) is 132 cm³/mol. The molecule has 3 saturated carbocycles. The van der Waals surface area contributed by atoms with Crippen LogP contribution in [0.4, 0.5) is 14.9 Å². The van der Waals surface area contributed by atoms with Crippen LogP contribution in [-0.2, 0) is 33.3 Å². The molecule has 7 nitrogen and oxygen atoms in total. The molecule has 9 heteroatoms. The lowest BCUT2D eigenvalue weighted by atomic mass is 9.57. The van der Waals surface area contributed by atoms with Crippen molar-refractivity contribution in [3.8, 4) is 0 Å². The summed E-state index contributed by atoms with van der Waals surface area (Å²) in [6.07, 6.45) is 3.45. The molecule has 0 aromatic heterocycles. The fourth-order valence-electron chi connectivity index (χ4n) is 6.09. The third kappa shape index (κ3) is 4.34. The van der Waals surface area contributed by atoms with Crippen LogP contribution in [-0.4, -0.2) is 44.4 Å². The van der Waals surface area contributed by atoms with Gasteiger partial charge in [0.05, 0.1) is 11.4 Å². The van der Waals surface area contributed by atoms with Crippen LogP contribution in [0.25, 0.3) is 0 Å². The molecule has 1 heterocycles. The zero-order valence-electron chi connectivity index (χ0n) is 20.0. The minimum absolute atomic E-state index is 0.252. The summed E-state index contributed by atoms with van der Waals surface area (Å²) < 4.78 is 48.2. The van der Waals surface area contributed by atoms with Gasteiger partial charge in [-0.3, -0.25) is 0 Å². The zero-order chi connectivity index (χ0) is 24.7. The topological polar surface area (TPSA) is 87.7 Å². The molecule has 2 bridgehead atoms. The summed E-state index contributed by atoms with van der Waals surface area (Å²) in [5.41, 5.74) is 2.96. The number of ether oxygens (including phenoxy) is 1. The lowest BCUT2D eigenvalue weighted by molar-refractivity contribution is 0.146. The zero-order valence-corrected chi connectivity index (χ0v) is 20.8. The average Bonchev–Trinajstić information content (AvgIpc) is 3.30. The first-order valence-corrected chi connectivity index (χ1v) is 13.7. The van der Waals surface area contributed by atoms with Crippen LogP contribution >= 0.6 is 0 Å². The molecule has 35 heavy (non-hydrogen) atoms. The number of nitrogens with one attached hydrogen (secondary N) is 2. The molecule has 3 aliphatic carbocycles. The number of amides is 2. The van der Waals surface area contributed by atoms with Crippen molar-refractivity contribution >= 4 is 21.7 Å². The Morgan fingerprint density at radius 2 is 1.66 bits per heavy atom. The van der Waals surface area contributed by atoms with Gasteiger partial charge in [0.25, 0.3) is 0 Å². The molecule has 4 aliphatic rings. The number of hydrogen-bond donors (Lipinski definition) is 2. The molecule has 0 unspecified atom stereocenters. The predicted octanol–water partition coefficient (Wildman–Crippen LogP) is 4.28. The van der Waals surface area contributed by atoms with E-state index < -0.39 is 14.8 Å². The fraction of sp³-hybridized carbons (Fsp3) is 0.500. The van der Waals surface area contributed by atoms with Crippen molar-refractivity contribution in [3.05, 3.63) is 65.0 Å². The molecule has 1 aliphatic heterocycles. The molecule has 2 N–H and O–H groups in total. The third-order valence-corrected chi connectivity index (χ3v) is 10.6. The van der Waals surface area contributed by atoms with Gasteiger partial charge >= 0.3 is 6.03 Å². The monoisotopic (exact) mass is 501 g/mol. The van der Waals surface area contributed by atoms with Gasteiger partial charge in [-0.2, -0.15) is 0 Å². The van der Waals surface area contributed by atoms with Crippen molar-refractivity contribution in [3.63, 3.8) is 0 Å². The van der Waals surface area contributed by atoms with Gasteiger partial charge in [-0.05, 0) is 72.8 Å². The van der Waals surface area contributed by atoms with Gasteiger partial charge in [0.15, 0.2) is 0 Å². The number of nitrogens with zero attached hydrogens (tertiary/aromatic N) is 1. The van der Waals surface area contributed by atoms with E-state index in [-0.39, 0.29) is 23.8 Å². The van der Waals surface area contributed by atoms with Crippen molar-refractivity contribution in [1.29, 1.82) is 0 Å². The van der Waals surface area contributed by atoms with E-state index in [0.29, 0.717) is 69.5 Å². The number of anilines is 1. The van der Waals surface area contributed by atoms with Gasteiger partial charge in [0.2, 0.25) is 10.0 Å². The number of rotatable bonds is 7. The smallest absolute Gasteiger partial charge is 0.322 e. The van der Waals surface area contributed by atoms with Crippen LogP contribution in [0.2, 0.25) is 0 Å². The molecule has 0 saturated heterocycles. The summed E-state index contributed by atoms with van der Waals surface area (Å²) in [5, 5.41) is 2.83. The number of halogens is 1. The van der Waals surface area contributed by atoms with E-state index in [9.17, 15) is 13.2 Å². The van der Waals surface area contributed by atoms with Gasteiger partial charge in [-0.15, -0.1) is 0 Å². The Kier molecular flexibility index (Phi) is 6.35. The number of sulfonamides is 1. The van der Waals surface area contributed by atoms with Gasteiger partial charge in [0.1, 0.15) is 5.82 Å². The van der Waals surface area contributed by atoms with Gasteiger partial charge < -0.3 is 15.0 Å². The van der Waals surface area contributed by atoms with Crippen molar-refractivity contribution in [1.82, 2.24) is 9.62 Å². The third-order valence-electron chi connectivity index (χ3n) is 8.27. The van der Waals surface area contributed by atoms with Crippen LogP contribution in [0, 0.1) is 5.82 Å². The van der Waals surface area contributed by atoms with Gasteiger partial charge in [-0.25, -0.2) is 22.3 Å². The Hall–Kier alpha value is -2.49. The fourth-order valence-corrected chi connectivity index (χ4v) is 7.86. The lowest BCUT2D eigenvalue weighted by Gasteiger charge is -2.52. The highest BCUT2D eigenvalue weighted by Crippen LogP contribution is 2.56. The van der Waals surface area contributed by atoms with Crippen molar-refractivity contribution in [2.45, 2.75) is 61.8 Å². The lowest BCUT2D eigenvalue weighted by Crippen LogP contribution is -2.56. The summed E-state index contributed by atoms with van der Waals surface area (Å²) in [4.78, 5) is 14.5. The number of fused-ring (bicyclic) bond motifs is 4. The summed E-state index contributed by atoms with van der Waals surface area (Å²) in [5.74, 6) is -0.344. The van der Waals surface area contributed by atoms with Gasteiger partial charge in [0, 0.05) is 32.4 Å². The Balaban J connectivity index is 1.25. The molecule has 2 aromatic rings. The van der Waals surface area contributed by atoms with E-state index in [2.05, 4.69) is 10.0 Å². The summed E-state index contributed by atoms with van der Waals surface area (Å²) in [6.45, 7) is 1.67. The van der Waals surface area contributed by atoms with Crippen LogP contribution in [0.3, 0.4) is 0 Å². The molecular formula is C26H32FN3O4S. The maximum atomic E-state index is 15.4. The molecule has 0 radical (unpaired) electrons. The Morgan fingerprint density at radius 3 is 2.23 bits per heavy atom. The van der Waals surface area contributed by atoms with Crippen molar-refractivity contribution < 1.29 is 22.3 Å². The minimum Gasteiger partial charge on any atom is -0.383 e. The minimum atomic E-state index is -3.47. The standard InChI is InChI=1S/C26H32FN3O4S/c1-34-15-14-28-35(32,33)26-11-8-25(9-12-26,10-13-26)22-7-6-21(16-23(22)27)29-24(31)30-17-19-4-2-3-5-20(19)18-30/h2-7,16,28H,8-15,17-18H2,1H3,(H,29,31). The van der Waals surface area contributed by atoms with Gasteiger partial charge in [-0.1, -0.05) is 30.3 Å². The summed E-state index contributed by atoms with van der Waals surface area (Å²) >= 11 is 0. The molecular weight excluding hydrogens is 469 g/mol. The molecule has 2 aromatic carbocycles. The van der Waals surface area contributed by atoms with Crippen LogP contribution < -0.4 is 10.0 Å². The molecule has 2 amide bonds. The first kappa shape index (κ1) is 24.2. The number of methoxy groups -OCH3 is 1. The number of carbonyl (C=O) groups excluding carboxylic acids is 1. The maximum absolute atomic E-state index is 15.4. The highest BCUT2D eigenvalue weighted by atomic mass is 32.2. The SMILES string of the molecule is COCCNS(=O)(=O)C12CCC(c3ccc(NC(=O)N4Cc5ccccc5C4)cc3F)(CC1)CC2. The molecule has 0 spiro atoms. The second-order valence-electron chi connectivity index (χ2n) is 10.1. The summed E-state index contributed by atoms with van der Waals surface area (Å²) in [6, 6.07) is 12.6. The van der Waals surface area contributed by atoms with E-state index in [0.717, 1.165) is 11.1 Å². The van der Waals surface area contributed by atoms with E-state index in [4.69, 9.17) is 4.74 Å². The molecule has 6 rings (SSSR count). The average molecular weight is 502 g/mol. The van der Waals surface area contributed by atoms with Crippen LogP contribution in [0.1, 0.15) is 55.2 Å². The van der Waals surface area contributed by atoms with Crippen molar-refractivity contribution in [2.24, 2.45) is 0 Å². The Labute approximate surface area is 206 Å². The normalized spacial score (nSPS) is 25.5. The Bertz CT molecular complexity index is 1180. The highest BCUT2D eigenvalue weighted by Gasteiger charge is 2.56. The van der Waals surface area contributed by atoms with E-state index in [1.54, 1.807) is 24.1 Å². The number of benzene rings is 2. The second-order valence-corrected chi connectivity index (χ2v) is 12.3.